The predicted octanol–water partition coefficient (Wildman–Crippen LogP) is 1.69. The van der Waals surface area contributed by atoms with E-state index in [0.717, 1.165) is 11.4 Å². The fraction of sp³-hybridized carbons (Fsp3) is 0.312. The van der Waals surface area contributed by atoms with Gasteiger partial charge >= 0.3 is 0 Å². The van der Waals surface area contributed by atoms with Gasteiger partial charge in [0.1, 0.15) is 18.1 Å². The van der Waals surface area contributed by atoms with Gasteiger partial charge in [-0.3, -0.25) is 9.78 Å². The third-order valence-corrected chi connectivity index (χ3v) is 4.27. The number of aryl methyl sites for hydroxylation is 1. The van der Waals surface area contributed by atoms with E-state index in [1.165, 1.54) is 12.5 Å². The molecule has 1 atom stereocenters. The van der Waals surface area contributed by atoms with E-state index in [4.69, 9.17) is 16.3 Å². The summed E-state index contributed by atoms with van der Waals surface area (Å²) in [6, 6.07) is 5.11. The van der Waals surface area contributed by atoms with E-state index in [1.807, 2.05) is 13.0 Å². The lowest BCUT2D eigenvalue weighted by atomic mass is 10.1. The highest BCUT2D eigenvalue weighted by Gasteiger charge is 2.29. The zero-order chi connectivity index (χ0) is 17.4. The van der Waals surface area contributed by atoms with Crippen LogP contribution in [-0.2, 0) is 4.74 Å². The summed E-state index contributed by atoms with van der Waals surface area (Å²) in [5.74, 6) is 0.343. The SMILES string of the molecule is Cc1cc(C2CN(C(=O)c3cc(Cl)ccn3)CCO2)n2ncnc2n1. The molecule has 128 valence electrons. The number of rotatable bonds is 2. The van der Waals surface area contributed by atoms with Crippen LogP contribution in [0.15, 0.2) is 30.7 Å². The Kier molecular flexibility index (Phi) is 4.06. The number of hydrogen-bond donors (Lipinski definition) is 0. The van der Waals surface area contributed by atoms with Crippen LogP contribution in [-0.4, -0.2) is 55.1 Å². The van der Waals surface area contributed by atoms with E-state index in [1.54, 1.807) is 21.5 Å². The van der Waals surface area contributed by atoms with E-state index in [2.05, 4.69) is 20.1 Å². The molecule has 1 amide bonds. The third kappa shape index (κ3) is 3.06. The van der Waals surface area contributed by atoms with E-state index in [9.17, 15) is 4.79 Å². The van der Waals surface area contributed by atoms with Crippen molar-refractivity contribution in [3.63, 3.8) is 0 Å². The van der Waals surface area contributed by atoms with E-state index in [-0.39, 0.29) is 12.0 Å². The van der Waals surface area contributed by atoms with Crippen LogP contribution in [0.5, 0.6) is 0 Å². The van der Waals surface area contributed by atoms with Crippen LogP contribution in [0, 0.1) is 6.92 Å². The zero-order valence-corrected chi connectivity index (χ0v) is 14.2. The van der Waals surface area contributed by atoms with Crippen LogP contribution in [0.4, 0.5) is 0 Å². The van der Waals surface area contributed by atoms with Gasteiger partial charge in [0.15, 0.2) is 0 Å². The van der Waals surface area contributed by atoms with E-state index in [0.29, 0.717) is 36.2 Å². The van der Waals surface area contributed by atoms with E-state index < -0.39 is 0 Å². The Labute approximate surface area is 148 Å². The van der Waals surface area contributed by atoms with Crippen molar-refractivity contribution >= 4 is 23.3 Å². The molecule has 0 bridgehead atoms. The van der Waals surface area contributed by atoms with Crippen molar-refractivity contribution in [3.8, 4) is 0 Å². The topological polar surface area (TPSA) is 85.5 Å². The van der Waals surface area contributed by atoms with Crippen LogP contribution in [0.1, 0.15) is 28.0 Å². The minimum atomic E-state index is -0.317. The Morgan fingerprint density at radius 2 is 2.24 bits per heavy atom. The Bertz CT molecular complexity index is 943. The van der Waals surface area contributed by atoms with Crippen molar-refractivity contribution in [2.45, 2.75) is 13.0 Å². The number of morpholine rings is 1. The normalized spacial score (nSPS) is 17.8. The highest BCUT2D eigenvalue weighted by Crippen LogP contribution is 2.24. The molecule has 0 N–H and O–H groups in total. The fourth-order valence-electron chi connectivity index (χ4n) is 2.88. The molecule has 4 heterocycles. The Balaban J connectivity index is 1.62. The first kappa shape index (κ1) is 15.9. The Hall–Kier alpha value is -2.58. The van der Waals surface area contributed by atoms with Crippen LogP contribution in [0.3, 0.4) is 0 Å². The van der Waals surface area contributed by atoms with Gasteiger partial charge in [-0.25, -0.2) is 4.98 Å². The van der Waals surface area contributed by atoms with Crippen LogP contribution in [0.25, 0.3) is 5.78 Å². The second-order valence-corrected chi connectivity index (χ2v) is 6.20. The lowest BCUT2D eigenvalue weighted by Crippen LogP contribution is -2.43. The van der Waals surface area contributed by atoms with Crippen molar-refractivity contribution in [2.24, 2.45) is 0 Å². The van der Waals surface area contributed by atoms with Gasteiger partial charge in [0.2, 0.25) is 0 Å². The Morgan fingerprint density at radius 1 is 1.36 bits per heavy atom. The summed E-state index contributed by atoms with van der Waals surface area (Å²) < 4.78 is 7.52. The maximum Gasteiger partial charge on any atom is 0.272 e. The second-order valence-electron chi connectivity index (χ2n) is 5.76. The molecule has 0 spiro atoms. The number of aromatic nitrogens is 5. The van der Waals surface area contributed by atoms with Gasteiger partial charge in [0.05, 0.1) is 18.8 Å². The molecular formula is C16H15ClN6O2. The number of ether oxygens (including phenoxy) is 1. The largest absolute Gasteiger partial charge is 0.368 e. The average molecular weight is 359 g/mol. The molecule has 1 fully saturated rings. The number of pyridine rings is 1. The molecule has 4 rings (SSSR count). The summed E-state index contributed by atoms with van der Waals surface area (Å²) >= 11 is 5.96. The maximum absolute atomic E-state index is 12.7. The number of carbonyl (C=O) groups is 1. The molecule has 1 saturated heterocycles. The number of halogens is 1. The van der Waals surface area contributed by atoms with Gasteiger partial charge in [-0.2, -0.15) is 14.6 Å². The predicted molar refractivity (Wildman–Crippen MR) is 89.4 cm³/mol. The first-order valence-electron chi connectivity index (χ1n) is 7.81. The summed E-state index contributed by atoms with van der Waals surface area (Å²) in [7, 11) is 0. The fourth-order valence-corrected chi connectivity index (χ4v) is 3.04. The molecule has 0 radical (unpaired) electrons. The number of fused-ring (bicyclic) bond motifs is 1. The van der Waals surface area contributed by atoms with Crippen LogP contribution in [0.2, 0.25) is 5.02 Å². The molecule has 3 aromatic rings. The lowest BCUT2D eigenvalue weighted by molar-refractivity contribution is -0.0258. The molecule has 1 unspecified atom stereocenters. The minimum absolute atomic E-state index is 0.170. The van der Waals surface area contributed by atoms with Gasteiger partial charge in [0, 0.05) is 23.5 Å². The van der Waals surface area contributed by atoms with Gasteiger partial charge in [0.25, 0.3) is 11.7 Å². The summed E-state index contributed by atoms with van der Waals surface area (Å²) in [6.07, 6.45) is 2.66. The second kappa shape index (κ2) is 6.38. The number of amides is 1. The number of hydrogen-bond acceptors (Lipinski definition) is 6. The van der Waals surface area contributed by atoms with Gasteiger partial charge in [-0.15, -0.1) is 0 Å². The standard InChI is InChI=1S/C16H15ClN6O2/c1-10-6-13(23-16(21-10)19-9-20-23)14-8-22(4-5-25-14)15(24)12-7-11(17)2-3-18-12/h2-3,6-7,9,14H,4-5,8H2,1H3. The summed E-state index contributed by atoms with van der Waals surface area (Å²) in [4.78, 5) is 27.0. The first-order chi connectivity index (χ1) is 12.1. The van der Waals surface area contributed by atoms with Crippen molar-refractivity contribution < 1.29 is 9.53 Å². The van der Waals surface area contributed by atoms with Crippen LogP contribution >= 0.6 is 11.6 Å². The van der Waals surface area contributed by atoms with Crippen molar-refractivity contribution in [1.82, 2.24) is 29.5 Å². The maximum atomic E-state index is 12.7. The van der Waals surface area contributed by atoms with E-state index >= 15 is 0 Å². The molecule has 9 heteroatoms. The molecule has 0 aliphatic carbocycles. The van der Waals surface area contributed by atoms with Gasteiger partial charge in [-0.05, 0) is 25.1 Å². The molecule has 0 aromatic carbocycles. The summed E-state index contributed by atoms with van der Waals surface area (Å²) in [5, 5.41) is 4.69. The first-order valence-corrected chi connectivity index (χ1v) is 8.19. The number of nitrogens with zero attached hydrogens (tertiary/aromatic N) is 6. The zero-order valence-electron chi connectivity index (χ0n) is 13.5. The van der Waals surface area contributed by atoms with Crippen molar-refractivity contribution in [1.29, 1.82) is 0 Å². The monoisotopic (exact) mass is 358 g/mol. The molecule has 0 saturated carbocycles. The molecule has 8 nitrogen and oxygen atoms in total. The Morgan fingerprint density at radius 3 is 3.08 bits per heavy atom. The van der Waals surface area contributed by atoms with Gasteiger partial charge in [-0.1, -0.05) is 11.6 Å². The third-order valence-electron chi connectivity index (χ3n) is 4.03. The van der Waals surface area contributed by atoms with Crippen LogP contribution < -0.4 is 0 Å². The lowest BCUT2D eigenvalue weighted by Gasteiger charge is -2.33. The highest BCUT2D eigenvalue weighted by atomic mass is 35.5. The average Bonchev–Trinajstić information content (AvgIpc) is 3.08. The molecule has 1 aliphatic rings. The smallest absolute Gasteiger partial charge is 0.272 e. The van der Waals surface area contributed by atoms with Crippen molar-refractivity contribution in [3.05, 3.63) is 52.8 Å². The quantitative estimate of drug-likeness (QED) is 0.693. The van der Waals surface area contributed by atoms with Gasteiger partial charge < -0.3 is 9.64 Å². The summed E-state index contributed by atoms with van der Waals surface area (Å²) in [5.41, 5.74) is 1.96. The molecule has 3 aromatic heterocycles. The molecule has 1 aliphatic heterocycles. The summed E-state index contributed by atoms with van der Waals surface area (Å²) in [6.45, 7) is 3.20. The minimum Gasteiger partial charge on any atom is -0.368 e. The molecule has 25 heavy (non-hydrogen) atoms. The van der Waals surface area contributed by atoms with Crippen molar-refractivity contribution in [2.75, 3.05) is 19.7 Å². The molecular weight excluding hydrogens is 344 g/mol. The highest BCUT2D eigenvalue weighted by molar-refractivity contribution is 6.30. The number of carbonyl (C=O) groups excluding carboxylic acids is 1.